The maximum absolute atomic E-state index is 11.7. The predicted molar refractivity (Wildman–Crippen MR) is 131 cm³/mol. The maximum atomic E-state index is 11.7. The third kappa shape index (κ3) is 29.2. The summed E-state index contributed by atoms with van der Waals surface area (Å²) in [6.45, 7) is 16.3. The molecule has 0 atom stereocenters. The molecular weight excluding hydrogens is 444 g/mol. The molecule has 0 spiro atoms. The van der Waals surface area contributed by atoms with Gasteiger partial charge in [0.25, 0.3) is 0 Å². The van der Waals surface area contributed by atoms with Gasteiger partial charge in [-0.25, -0.2) is 0 Å². The van der Waals surface area contributed by atoms with Gasteiger partial charge < -0.3 is 43.8 Å². The van der Waals surface area contributed by atoms with Crippen LogP contribution in [-0.2, 0) is 38.0 Å². The Morgan fingerprint density at radius 2 is 1.03 bits per heavy atom. The van der Waals surface area contributed by atoms with E-state index in [0.717, 1.165) is 26.0 Å². The van der Waals surface area contributed by atoms with Gasteiger partial charge in [0, 0.05) is 25.8 Å². The van der Waals surface area contributed by atoms with E-state index in [9.17, 15) is 4.79 Å². The van der Waals surface area contributed by atoms with E-state index in [1.165, 1.54) is 0 Å². The van der Waals surface area contributed by atoms with Gasteiger partial charge >= 0.3 is 0 Å². The molecule has 0 saturated carbocycles. The molecule has 0 rings (SSSR count). The fourth-order valence-corrected chi connectivity index (χ4v) is 2.51. The first kappa shape index (κ1) is 33.1. The fraction of sp³-hybridized carbons (Fsp3) is 0.958. The molecule has 10 heteroatoms. The first-order valence-electron chi connectivity index (χ1n) is 12.6. The lowest BCUT2D eigenvalue weighted by atomic mass is 10.3. The highest BCUT2D eigenvalue weighted by Crippen LogP contribution is 1.89. The smallest absolute Gasteiger partial charge is 0.246 e. The minimum absolute atomic E-state index is 0.0252. The SMILES string of the molecule is CC(C)NCCCOCCOCCOCCCNC(=O)COCCOCCOCCOC(C)C. The van der Waals surface area contributed by atoms with E-state index >= 15 is 0 Å². The van der Waals surface area contributed by atoms with E-state index in [0.29, 0.717) is 85.3 Å². The molecule has 10 nitrogen and oxygen atoms in total. The molecular formula is C24H50N2O8. The Kier molecular flexibility index (Phi) is 26.1. The van der Waals surface area contributed by atoms with Gasteiger partial charge in [0.1, 0.15) is 6.61 Å². The molecule has 0 saturated heterocycles. The monoisotopic (exact) mass is 494 g/mol. The van der Waals surface area contributed by atoms with Gasteiger partial charge in [0.2, 0.25) is 5.91 Å². The van der Waals surface area contributed by atoms with Crippen LogP contribution >= 0.6 is 0 Å². The van der Waals surface area contributed by atoms with E-state index in [1.807, 2.05) is 13.8 Å². The molecule has 0 aromatic rings. The summed E-state index contributed by atoms with van der Waals surface area (Å²) >= 11 is 0. The Balaban J connectivity index is 3.16. The highest BCUT2D eigenvalue weighted by molar-refractivity contribution is 5.77. The molecule has 0 heterocycles. The number of ether oxygens (including phenoxy) is 7. The summed E-state index contributed by atoms with van der Waals surface area (Å²) < 4.78 is 37.8. The molecule has 0 aromatic carbocycles. The van der Waals surface area contributed by atoms with Gasteiger partial charge in [-0.2, -0.15) is 0 Å². The molecule has 0 bridgehead atoms. The Labute approximate surface area is 206 Å². The lowest BCUT2D eigenvalue weighted by molar-refractivity contribution is -0.126. The number of nitrogens with one attached hydrogen (secondary N) is 2. The average molecular weight is 495 g/mol. The van der Waals surface area contributed by atoms with E-state index in [4.69, 9.17) is 33.2 Å². The predicted octanol–water partition coefficient (Wildman–Crippen LogP) is 1.41. The number of carbonyl (C=O) groups is 1. The topological polar surface area (TPSA) is 106 Å². The lowest BCUT2D eigenvalue weighted by Gasteiger charge is -2.09. The van der Waals surface area contributed by atoms with Crippen molar-refractivity contribution in [2.45, 2.75) is 52.7 Å². The van der Waals surface area contributed by atoms with Crippen LogP contribution in [0.2, 0.25) is 0 Å². The highest BCUT2D eigenvalue weighted by atomic mass is 16.6. The van der Waals surface area contributed by atoms with E-state index in [1.54, 1.807) is 0 Å². The highest BCUT2D eigenvalue weighted by Gasteiger charge is 2.01. The second kappa shape index (κ2) is 26.7. The van der Waals surface area contributed by atoms with Crippen molar-refractivity contribution in [3.8, 4) is 0 Å². The summed E-state index contributed by atoms with van der Waals surface area (Å²) in [6.07, 6.45) is 1.96. The molecule has 0 aliphatic rings. The van der Waals surface area contributed by atoms with Crippen LogP contribution in [-0.4, -0.2) is 117 Å². The summed E-state index contributed by atoms with van der Waals surface area (Å²) in [5, 5.41) is 6.15. The number of rotatable bonds is 27. The van der Waals surface area contributed by atoms with Gasteiger partial charge in [-0.3, -0.25) is 4.79 Å². The van der Waals surface area contributed by atoms with Crippen molar-refractivity contribution >= 4 is 5.91 Å². The Morgan fingerprint density at radius 1 is 0.588 bits per heavy atom. The van der Waals surface area contributed by atoms with Crippen LogP contribution in [0, 0.1) is 0 Å². The average Bonchev–Trinajstić information content (AvgIpc) is 2.79. The van der Waals surface area contributed by atoms with Crippen molar-refractivity contribution in [1.82, 2.24) is 10.6 Å². The summed E-state index contributed by atoms with van der Waals surface area (Å²) in [4.78, 5) is 11.7. The number of carbonyl (C=O) groups excluding carboxylic acids is 1. The van der Waals surface area contributed by atoms with Crippen LogP contribution in [0.5, 0.6) is 0 Å². The van der Waals surface area contributed by atoms with Crippen LogP contribution in [0.15, 0.2) is 0 Å². The van der Waals surface area contributed by atoms with Crippen LogP contribution in [0.1, 0.15) is 40.5 Å². The minimum Gasteiger partial charge on any atom is -0.379 e. The number of amides is 1. The molecule has 0 aromatic heterocycles. The standard InChI is InChI=1S/C24H50N2O8/c1-22(2)25-7-5-9-28-11-13-30-14-12-29-10-6-8-26-24(27)21-33-18-17-31-15-16-32-19-20-34-23(3)4/h22-23,25H,5-21H2,1-4H3,(H,26,27). The van der Waals surface area contributed by atoms with Crippen molar-refractivity contribution in [2.24, 2.45) is 0 Å². The van der Waals surface area contributed by atoms with Crippen LogP contribution in [0.3, 0.4) is 0 Å². The van der Waals surface area contributed by atoms with Crippen molar-refractivity contribution in [1.29, 1.82) is 0 Å². The quantitative estimate of drug-likeness (QED) is 0.164. The van der Waals surface area contributed by atoms with Crippen LogP contribution in [0.25, 0.3) is 0 Å². The zero-order valence-corrected chi connectivity index (χ0v) is 21.9. The molecule has 1 amide bonds. The fourth-order valence-electron chi connectivity index (χ4n) is 2.51. The van der Waals surface area contributed by atoms with Crippen LogP contribution in [0.4, 0.5) is 0 Å². The number of hydrogen-bond donors (Lipinski definition) is 2. The van der Waals surface area contributed by atoms with Crippen molar-refractivity contribution < 1.29 is 38.0 Å². The van der Waals surface area contributed by atoms with E-state index in [-0.39, 0.29) is 18.6 Å². The van der Waals surface area contributed by atoms with Gasteiger partial charge in [-0.15, -0.1) is 0 Å². The van der Waals surface area contributed by atoms with Gasteiger partial charge in [-0.05, 0) is 33.2 Å². The molecule has 0 radical (unpaired) electrons. The second-order valence-corrected chi connectivity index (χ2v) is 8.20. The molecule has 0 fully saturated rings. The first-order valence-corrected chi connectivity index (χ1v) is 12.6. The van der Waals surface area contributed by atoms with Gasteiger partial charge in [-0.1, -0.05) is 13.8 Å². The number of hydrogen-bond acceptors (Lipinski definition) is 9. The van der Waals surface area contributed by atoms with Gasteiger partial charge in [0.05, 0.1) is 72.2 Å². The summed E-state index contributed by atoms with van der Waals surface area (Å²) in [6, 6.07) is 0.515. The zero-order valence-electron chi connectivity index (χ0n) is 21.9. The Morgan fingerprint density at radius 3 is 1.53 bits per heavy atom. The molecule has 2 N–H and O–H groups in total. The third-order valence-electron chi connectivity index (χ3n) is 4.21. The van der Waals surface area contributed by atoms with E-state index in [2.05, 4.69) is 24.5 Å². The zero-order chi connectivity index (χ0) is 25.1. The summed E-state index contributed by atoms with van der Waals surface area (Å²) in [5.41, 5.74) is 0. The molecule has 0 unspecified atom stereocenters. The Bertz CT molecular complexity index is 428. The van der Waals surface area contributed by atoms with E-state index < -0.39 is 0 Å². The first-order chi connectivity index (χ1) is 16.5. The molecule has 0 aliphatic carbocycles. The second-order valence-electron chi connectivity index (χ2n) is 8.20. The van der Waals surface area contributed by atoms with Gasteiger partial charge in [0.15, 0.2) is 0 Å². The van der Waals surface area contributed by atoms with Crippen molar-refractivity contribution in [3.63, 3.8) is 0 Å². The molecule has 0 aliphatic heterocycles. The normalized spacial score (nSPS) is 11.6. The maximum Gasteiger partial charge on any atom is 0.246 e. The minimum atomic E-state index is -0.142. The third-order valence-corrected chi connectivity index (χ3v) is 4.21. The molecule has 204 valence electrons. The molecule has 34 heavy (non-hydrogen) atoms. The largest absolute Gasteiger partial charge is 0.379 e. The summed E-state index contributed by atoms with van der Waals surface area (Å²) in [5.74, 6) is -0.142. The Hall–Kier alpha value is -0.850. The lowest BCUT2D eigenvalue weighted by Crippen LogP contribution is -2.29. The van der Waals surface area contributed by atoms with Crippen molar-refractivity contribution in [2.75, 3.05) is 99.0 Å². The summed E-state index contributed by atoms with van der Waals surface area (Å²) in [7, 11) is 0. The van der Waals surface area contributed by atoms with Crippen molar-refractivity contribution in [3.05, 3.63) is 0 Å². The van der Waals surface area contributed by atoms with Crippen LogP contribution < -0.4 is 10.6 Å².